The van der Waals surface area contributed by atoms with Crippen LogP contribution in [0.4, 0.5) is 0 Å². The summed E-state index contributed by atoms with van der Waals surface area (Å²) in [5, 5.41) is 3.47. The first-order valence-electron chi connectivity index (χ1n) is 12.8. The second-order valence-corrected chi connectivity index (χ2v) is 9.84. The van der Waals surface area contributed by atoms with Gasteiger partial charge in [0.2, 0.25) is 0 Å². The zero-order valence-corrected chi connectivity index (χ0v) is 20.0. The SMILES string of the molecule is CCN(CC)C(=O)c1ccc(C2=CC3(CCNCC3)Oc3ccc(CCC4CC4)cc32)cc1. The molecule has 0 radical (unpaired) electrons. The zero-order chi connectivity index (χ0) is 22.8. The maximum absolute atomic E-state index is 12.8. The Balaban J connectivity index is 1.49. The van der Waals surface area contributed by atoms with Gasteiger partial charge in [0.05, 0.1) is 0 Å². The van der Waals surface area contributed by atoms with Crippen molar-refractivity contribution in [3.63, 3.8) is 0 Å². The Morgan fingerprint density at radius 3 is 2.45 bits per heavy atom. The van der Waals surface area contributed by atoms with E-state index in [1.54, 1.807) is 0 Å². The Morgan fingerprint density at radius 1 is 1.06 bits per heavy atom. The molecule has 4 heteroatoms. The minimum Gasteiger partial charge on any atom is -0.482 e. The molecule has 2 heterocycles. The summed E-state index contributed by atoms with van der Waals surface area (Å²) in [7, 11) is 0. The van der Waals surface area contributed by atoms with E-state index < -0.39 is 0 Å². The Kier molecular flexibility index (Phi) is 6.29. The van der Waals surface area contributed by atoms with Crippen molar-refractivity contribution < 1.29 is 9.53 Å². The van der Waals surface area contributed by atoms with Crippen LogP contribution in [0.2, 0.25) is 0 Å². The van der Waals surface area contributed by atoms with E-state index in [2.05, 4.69) is 41.7 Å². The van der Waals surface area contributed by atoms with Crippen molar-refractivity contribution in [1.29, 1.82) is 0 Å². The summed E-state index contributed by atoms with van der Waals surface area (Å²) in [4.78, 5) is 14.7. The minimum absolute atomic E-state index is 0.102. The Hall–Kier alpha value is -2.59. The molecule has 2 fully saturated rings. The number of carbonyl (C=O) groups is 1. The molecule has 33 heavy (non-hydrogen) atoms. The fourth-order valence-corrected chi connectivity index (χ4v) is 5.22. The van der Waals surface area contributed by atoms with Crippen LogP contribution in [0.3, 0.4) is 0 Å². The quantitative estimate of drug-likeness (QED) is 0.617. The van der Waals surface area contributed by atoms with Gasteiger partial charge in [0.25, 0.3) is 5.91 Å². The van der Waals surface area contributed by atoms with E-state index in [9.17, 15) is 4.79 Å². The fourth-order valence-electron chi connectivity index (χ4n) is 5.22. The predicted molar refractivity (Wildman–Crippen MR) is 134 cm³/mol. The largest absolute Gasteiger partial charge is 0.482 e. The van der Waals surface area contributed by atoms with E-state index in [1.807, 2.05) is 30.9 Å². The number of piperidine rings is 1. The van der Waals surface area contributed by atoms with Crippen LogP contribution in [0.15, 0.2) is 48.5 Å². The first-order chi connectivity index (χ1) is 16.1. The molecule has 2 aliphatic heterocycles. The summed E-state index contributed by atoms with van der Waals surface area (Å²) < 4.78 is 6.65. The van der Waals surface area contributed by atoms with E-state index >= 15 is 0 Å². The Bertz CT molecular complexity index is 1030. The average Bonchev–Trinajstić information content (AvgIpc) is 3.68. The van der Waals surface area contributed by atoms with Crippen LogP contribution < -0.4 is 10.1 Å². The summed E-state index contributed by atoms with van der Waals surface area (Å²) >= 11 is 0. The summed E-state index contributed by atoms with van der Waals surface area (Å²) in [6.45, 7) is 7.45. The molecule has 0 aromatic heterocycles. The molecule has 1 N–H and O–H groups in total. The molecule has 1 amide bonds. The van der Waals surface area contributed by atoms with Crippen molar-refractivity contribution in [1.82, 2.24) is 10.2 Å². The second-order valence-electron chi connectivity index (χ2n) is 9.84. The van der Waals surface area contributed by atoms with Gasteiger partial charge >= 0.3 is 0 Å². The molecule has 0 unspecified atom stereocenters. The van der Waals surface area contributed by atoms with Crippen LogP contribution in [-0.2, 0) is 6.42 Å². The van der Waals surface area contributed by atoms with Crippen molar-refractivity contribution in [2.75, 3.05) is 26.2 Å². The molecule has 1 aliphatic carbocycles. The summed E-state index contributed by atoms with van der Waals surface area (Å²) in [6.07, 6.45) is 9.52. The van der Waals surface area contributed by atoms with Gasteiger partial charge in [-0.15, -0.1) is 0 Å². The number of benzene rings is 2. The van der Waals surface area contributed by atoms with E-state index in [0.717, 1.165) is 68.2 Å². The van der Waals surface area contributed by atoms with E-state index in [1.165, 1.54) is 36.0 Å². The van der Waals surface area contributed by atoms with Crippen molar-refractivity contribution in [3.05, 3.63) is 70.8 Å². The molecule has 5 rings (SSSR count). The number of carbonyl (C=O) groups excluding carboxylic acids is 1. The highest BCUT2D eigenvalue weighted by atomic mass is 16.5. The van der Waals surface area contributed by atoms with E-state index in [4.69, 9.17) is 4.74 Å². The molecule has 2 aromatic rings. The molecular weight excluding hydrogens is 408 g/mol. The number of nitrogens with one attached hydrogen (secondary N) is 1. The van der Waals surface area contributed by atoms with Crippen LogP contribution in [0.25, 0.3) is 5.57 Å². The van der Waals surface area contributed by atoms with Gasteiger partial charge in [0, 0.05) is 37.1 Å². The highest BCUT2D eigenvalue weighted by Gasteiger charge is 2.37. The maximum atomic E-state index is 12.8. The summed E-state index contributed by atoms with van der Waals surface area (Å²) in [5.74, 6) is 2.03. The lowest BCUT2D eigenvalue weighted by Gasteiger charge is -2.40. The number of fused-ring (bicyclic) bond motifs is 1. The molecule has 0 bridgehead atoms. The van der Waals surface area contributed by atoms with E-state index in [-0.39, 0.29) is 11.5 Å². The first-order valence-corrected chi connectivity index (χ1v) is 12.8. The molecule has 3 aliphatic rings. The fraction of sp³-hybridized carbons (Fsp3) is 0.483. The van der Waals surface area contributed by atoms with Gasteiger partial charge < -0.3 is 15.0 Å². The monoisotopic (exact) mass is 444 g/mol. The number of hydrogen-bond donors (Lipinski definition) is 1. The number of rotatable bonds is 7. The third kappa shape index (κ3) is 4.72. The second kappa shape index (κ2) is 9.34. The first kappa shape index (κ1) is 22.2. The van der Waals surface area contributed by atoms with Gasteiger partial charge in [-0.1, -0.05) is 31.0 Å². The van der Waals surface area contributed by atoms with Crippen LogP contribution in [0, 0.1) is 5.92 Å². The maximum Gasteiger partial charge on any atom is 0.253 e. The third-order valence-electron chi connectivity index (χ3n) is 7.54. The van der Waals surface area contributed by atoms with Crippen molar-refractivity contribution >= 4 is 11.5 Å². The molecule has 2 aromatic carbocycles. The molecule has 174 valence electrons. The van der Waals surface area contributed by atoms with Crippen LogP contribution >= 0.6 is 0 Å². The van der Waals surface area contributed by atoms with Gasteiger partial charge in [-0.2, -0.15) is 0 Å². The molecular formula is C29H36N2O2. The molecule has 0 atom stereocenters. The van der Waals surface area contributed by atoms with Gasteiger partial charge in [0.15, 0.2) is 0 Å². The average molecular weight is 445 g/mol. The van der Waals surface area contributed by atoms with Crippen molar-refractivity contribution in [3.8, 4) is 5.75 Å². The third-order valence-corrected chi connectivity index (χ3v) is 7.54. The highest BCUT2D eigenvalue weighted by molar-refractivity contribution is 5.95. The lowest BCUT2D eigenvalue weighted by atomic mass is 9.82. The molecule has 1 spiro atoms. The Morgan fingerprint density at radius 2 is 1.79 bits per heavy atom. The lowest BCUT2D eigenvalue weighted by Crippen LogP contribution is -2.46. The van der Waals surface area contributed by atoms with Gasteiger partial charge in [-0.3, -0.25) is 4.79 Å². The van der Waals surface area contributed by atoms with Crippen LogP contribution in [-0.4, -0.2) is 42.6 Å². The van der Waals surface area contributed by atoms with Gasteiger partial charge in [0.1, 0.15) is 11.4 Å². The normalized spacial score (nSPS) is 18.9. The number of hydrogen-bond acceptors (Lipinski definition) is 3. The van der Waals surface area contributed by atoms with Gasteiger partial charge in [-0.05, 0) is 92.7 Å². The summed E-state index contributed by atoms with van der Waals surface area (Å²) in [5.41, 5.74) is 5.49. The standard InChI is InChI=1S/C29H36N2O2/c1-3-31(4-2)28(32)24-12-10-23(11-13-24)26-20-29(15-17-30-18-16-29)33-27-14-9-22(19-25(26)27)8-7-21-5-6-21/h9-14,19-21,30H,3-8,15-18H2,1-2H3. The zero-order valence-electron chi connectivity index (χ0n) is 20.0. The Labute approximate surface area is 198 Å². The van der Waals surface area contributed by atoms with Crippen LogP contribution in [0.5, 0.6) is 5.75 Å². The van der Waals surface area contributed by atoms with Gasteiger partial charge in [-0.25, -0.2) is 0 Å². The molecule has 1 saturated heterocycles. The van der Waals surface area contributed by atoms with E-state index in [0.29, 0.717) is 0 Å². The van der Waals surface area contributed by atoms with Crippen molar-refractivity contribution in [2.24, 2.45) is 5.92 Å². The van der Waals surface area contributed by atoms with Crippen LogP contribution in [0.1, 0.15) is 73.0 Å². The number of ether oxygens (including phenoxy) is 1. The predicted octanol–water partition coefficient (Wildman–Crippen LogP) is 5.46. The molecule has 4 nitrogen and oxygen atoms in total. The minimum atomic E-state index is -0.251. The number of aryl methyl sites for hydroxylation is 1. The molecule has 1 saturated carbocycles. The van der Waals surface area contributed by atoms with Crippen molar-refractivity contribution in [2.45, 2.75) is 58.0 Å². The number of nitrogens with zero attached hydrogens (tertiary/aromatic N) is 1. The smallest absolute Gasteiger partial charge is 0.253 e. The number of amides is 1. The lowest BCUT2D eigenvalue weighted by molar-refractivity contribution is 0.0772. The summed E-state index contributed by atoms with van der Waals surface area (Å²) in [6, 6.07) is 15.0. The highest BCUT2D eigenvalue weighted by Crippen LogP contribution is 2.43. The topological polar surface area (TPSA) is 41.6 Å².